The summed E-state index contributed by atoms with van der Waals surface area (Å²) < 4.78 is 38.5. The van der Waals surface area contributed by atoms with Crippen molar-refractivity contribution in [2.75, 3.05) is 11.9 Å². The molecule has 0 aliphatic carbocycles. The van der Waals surface area contributed by atoms with Crippen molar-refractivity contribution >= 4 is 29.1 Å². The summed E-state index contributed by atoms with van der Waals surface area (Å²) >= 11 is 5.85. The van der Waals surface area contributed by atoms with Gasteiger partial charge in [-0.2, -0.15) is 13.2 Å². The van der Waals surface area contributed by atoms with Gasteiger partial charge in [-0.25, -0.2) is 0 Å². The second-order valence-electron chi connectivity index (χ2n) is 4.75. The molecule has 4 nitrogen and oxygen atoms in total. The molecule has 2 aromatic carbocycles. The van der Waals surface area contributed by atoms with E-state index in [-0.39, 0.29) is 16.3 Å². The van der Waals surface area contributed by atoms with E-state index in [0.29, 0.717) is 0 Å². The maximum absolute atomic E-state index is 12.8. The van der Waals surface area contributed by atoms with Gasteiger partial charge >= 0.3 is 6.18 Å². The van der Waals surface area contributed by atoms with E-state index >= 15 is 0 Å². The number of halogens is 4. The fraction of sp³-hybridized carbons (Fsp3) is 0.125. The highest BCUT2D eigenvalue weighted by Gasteiger charge is 2.33. The average Bonchev–Trinajstić information content (AvgIpc) is 2.52. The lowest BCUT2D eigenvalue weighted by Gasteiger charge is -2.13. The minimum Gasteiger partial charge on any atom is -0.343 e. The molecule has 0 aliphatic heterocycles. The number of alkyl halides is 3. The van der Waals surface area contributed by atoms with Crippen LogP contribution in [-0.4, -0.2) is 18.4 Å². The van der Waals surface area contributed by atoms with Crippen molar-refractivity contribution in [3.63, 3.8) is 0 Å². The predicted molar refractivity (Wildman–Crippen MR) is 83.9 cm³/mol. The first-order chi connectivity index (χ1) is 11.3. The van der Waals surface area contributed by atoms with Crippen LogP contribution in [-0.2, 0) is 11.0 Å². The molecule has 0 spiro atoms. The van der Waals surface area contributed by atoms with Gasteiger partial charge in [-0.1, -0.05) is 35.9 Å². The summed E-state index contributed by atoms with van der Waals surface area (Å²) in [7, 11) is 0. The summed E-state index contributed by atoms with van der Waals surface area (Å²) in [5, 5.41) is 4.64. The Morgan fingerprint density at radius 2 is 1.62 bits per heavy atom. The number of rotatable bonds is 4. The van der Waals surface area contributed by atoms with Crippen LogP contribution in [0.25, 0.3) is 0 Å². The van der Waals surface area contributed by atoms with Crippen LogP contribution in [0, 0.1) is 0 Å². The van der Waals surface area contributed by atoms with Gasteiger partial charge in [-0.15, -0.1) is 0 Å². The van der Waals surface area contributed by atoms with Crippen molar-refractivity contribution in [3.8, 4) is 0 Å². The van der Waals surface area contributed by atoms with Gasteiger partial charge in [0, 0.05) is 0 Å². The molecular formula is C16H12ClF3N2O2. The van der Waals surface area contributed by atoms with Crippen molar-refractivity contribution in [2.45, 2.75) is 6.18 Å². The Balaban J connectivity index is 2.00. The summed E-state index contributed by atoms with van der Waals surface area (Å²) in [6.45, 7) is -0.490. The highest BCUT2D eigenvalue weighted by molar-refractivity contribution is 6.33. The summed E-state index contributed by atoms with van der Waals surface area (Å²) in [5.74, 6) is -1.38. The Bertz CT molecular complexity index is 763. The van der Waals surface area contributed by atoms with Crippen LogP contribution in [0.1, 0.15) is 15.9 Å². The third-order valence-electron chi connectivity index (χ3n) is 3.03. The van der Waals surface area contributed by atoms with Gasteiger partial charge in [0.1, 0.15) is 0 Å². The molecule has 0 aliphatic rings. The van der Waals surface area contributed by atoms with Crippen LogP contribution < -0.4 is 10.6 Å². The van der Waals surface area contributed by atoms with Crippen molar-refractivity contribution in [1.29, 1.82) is 0 Å². The van der Waals surface area contributed by atoms with Crippen LogP contribution in [0.15, 0.2) is 48.5 Å². The molecule has 126 valence electrons. The number of para-hydroxylation sites is 1. The molecule has 0 saturated carbocycles. The van der Waals surface area contributed by atoms with Crippen LogP contribution in [0.3, 0.4) is 0 Å². The largest absolute Gasteiger partial charge is 0.418 e. The molecule has 2 amide bonds. The summed E-state index contributed by atoms with van der Waals surface area (Å²) in [4.78, 5) is 23.7. The highest BCUT2D eigenvalue weighted by Crippen LogP contribution is 2.34. The van der Waals surface area contributed by atoms with E-state index in [4.69, 9.17) is 11.6 Å². The Kier molecular flexibility index (Phi) is 5.46. The Morgan fingerprint density at radius 3 is 2.29 bits per heavy atom. The quantitative estimate of drug-likeness (QED) is 0.877. The number of hydrogen-bond acceptors (Lipinski definition) is 2. The molecule has 0 radical (unpaired) electrons. The standard InChI is InChI=1S/C16H12ClF3N2O2/c17-12-7-3-1-5-10(12)15(24)21-9-14(23)22-13-8-4-2-6-11(13)16(18,19)20/h1-8H,9H2,(H,21,24)(H,22,23). The molecule has 24 heavy (non-hydrogen) atoms. The van der Waals surface area contributed by atoms with Gasteiger partial charge in [-0.05, 0) is 24.3 Å². The SMILES string of the molecule is O=C(CNC(=O)c1ccccc1Cl)Nc1ccccc1C(F)(F)F. The second-order valence-corrected chi connectivity index (χ2v) is 5.16. The number of benzene rings is 2. The van der Waals surface area contributed by atoms with E-state index < -0.39 is 30.1 Å². The first kappa shape index (κ1) is 17.8. The normalized spacial score (nSPS) is 11.0. The van der Waals surface area contributed by atoms with Gasteiger partial charge < -0.3 is 10.6 Å². The third-order valence-corrected chi connectivity index (χ3v) is 3.36. The lowest BCUT2D eigenvalue weighted by molar-refractivity contribution is -0.137. The van der Waals surface area contributed by atoms with E-state index in [1.165, 1.54) is 24.3 Å². The molecule has 8 heteroatoms. The lowest BCUT2D eigenvalue weighted by Crippen LogP contribution is -2.33. The van der Waals surface area contributed by atoms with E-state index in [1.807, 2.05) is 0 Å². The molecule has 2 N–H and O–H groups in total. The number of nitrogens with one attached hydrogen (secondary N) is 2. The van der Waals surface area contributed by atoms with Crippen LogP contribution in [0.4, 0.5) is 18.9 Å². The van der Waals surface area contributed by atoms with Gasteiger partial charge in [0.25, 0.3) is 5.91 Å². The zero-order chi connectivity index (χ0) is 17.7. The van der Waals surface area contributed by atoms with Crippen LogP contribution >= 0.6 is 11.6 Å². The monoisotopic (exact) mass is 356 g/mol. The Labute approximate surface area is 140 Å². The Hall–Kier alpha value is -2.54. The molecule has 0 unspecified atom stereocenters. The molecule has 0 aromatic heterocycles. The van der Waals surface area contributed by atoms with E-state index in [0.717, 1.165) is 12.1 Å². The average molecular weight is 357 g/mol. The zero-order valence-electron chi connectivity index (χ0n) is 12.2. The van der Waals surface area contributed by atoms with Crippen molar-refractivity contribution < 1.29 is 22.8 Å². The fourth-order valence-corrected chi connectivity index (χ4v) is 2.16. The van der Waals surface area contributed by atoms with Gasteiger partial charge in [-0.3, -0.25) is 9.59 Å². The molecule has 0 heterocycles. The molecular weight excluding hydrogens is 345 g/mol. The highest BCUT2D eigenvalue weighted by atomic mass is 35.5. The van der Waals surface area contributed by atoms with Crippen molar-refractivity contribution in [3.05, 3.63) is 64.7 Å². The molecule has 0 bridgehead atoms. The van der Waals surface area contributed by atoms with Crippen LogP contribution in [0.2, 0.25) is 5.02 Å². The summed E-state index contributed by atoms with van der Waals surface area (Å²) in [5.41, 5.74) is -1.17. The molecule has 0 saturated heterocycles. The molecule has 0 atom stereocenters. The third kappa shape index (κ3) is 4.48. The Morgan fingerprint density at radius 1 is 1.00 bits per heavy atom. The molecule has 2 aromatic rings. The molecule has 2 rings (SSSR count). The predicted octanol–water partition coefficient (Wildman–Crippen LogP) is 3.73. The van der Waals surface area contributed by atoms with E-state index in [2.05, 4.69) is 10.6 Å². The summed E-state index contributed by atoms with van der Waals surface area (Å²) in [6.07, 6.45) is -4.59. The second kappa shape index (κ2) is 7.35. The van der Waals surface area contributed by atoms with Gasteiger partial charge in [0.15, 0.2) is 0 Å². The van der Waals surface area contributed by atoms with E-state index in [9.17, 15) is 22.8 Å². The van der Waals surface area contributed by atoms with Gasteiger partial charge in [0.05, 0.1) is 28.4 Å². The fourth-order valence-electron chi connectivity index (χ4n) is 1.93. The number of carbonyl (C=O) groups excluding carboxylic acids is 2. The number of amides is 2. The zero-order valence-corrected chi connectivity index (χ0v) is 12.9. The topological polar surface area (TPSA) is 58.2 Å². The smallest absolute Gasteiger partial charge is 0.343 e. The van der Waals surface area contributed by atoms with Crippen molar-refractivity contribution in [2.24, 2.45) is 0 Å². The number of carbonyl (C=O) groups is 2. The van der Waals surface area contributed by atoms with Crippen LogP contribution in [0.5, 0.6) is 0 Å². The number of anilines is 1. The summed E-state index contributed by atoms with van der Waals surface area (Å²) in [6, 6.07) is 10.8. The first-order valence-electron chi connectivity index (χ1n) is 6.78. The maximum atomic E-state index is 12.8. The minimum atomic E-state index is -4.59. The molecule has 0 fully saturated rings. The lowest BCUT2D eigenvalue weighted by atomic mass is 10.1. The number of hydrogen-bond donors (Lipinski definition) is 2. The van der Waals surface area contributed by atoms with Gasteiger partial charge in [0.2, 0.25) is 5.91 Å². The first-order valence-corrected chi connectivity index (χ1v) is 7.15. The minimum absolute atomic E-state index is 0.169. The maximum Gasteiger partial charge on any atom is 0.418 e. The van der Waals surface area contributed by atoms with Crippen molar-refractivity contribution in [1.82, 2.24) is 5.32 Å². The van der Waals surface area contributed by atoms with E-state index in [1.54, 1.807) is 12.1 Å².